The van der Waals surface area contributed by atoms with Crippen LogP contribution in [0.3, 0.4) is 0 Å². The Morgan fingerprint density at radius 2 is 2.00 bits per heavy atom. The minimum Gasteiger partial charge on any atom is -0.507 e. The lowest BCUT2D eigenvalue weighted by atomic mass is 10.2. The second-order valence-corrected chi connectivity index (χ2v) is 4.85. The molecule has 2 aromatic rings. The number of carbonyl (C=O) groups excluding carboxylic acids is 1. The number of phenols is 1. The number of nitrogens with zero attached hydrogens (tertiary/aromatic N) is 1. The molecule has 1 aliphatic heterocycles. The number of hydrogen-bond donors (Lipinski definition) is 2. The van der Waals surface area contributed by atoms with Crippen LogP contribution in [0.25, 0.3) is 0 Å². The highest BCUT2D eigenvalue weighted by molar-refractivity contribution is 6.33. The van der Waals surface area contributed by atoms with Crippen molar-refractivity contribution >= 4 is 23.7 Å². The van der Waals surface area contributed by atoms with E-state index in [1.807, 2.05) is 0 Å². The summed E-state index contributed by atoms with van der Waals surface area (Å²) >= 11 is 6.09. The molecule has 2 aromatic carbocycles. The summed E-state index contributed by atoms with van der Waals surface area (Å²) in [7, 11) is 0. The molecule has 0 bridgehead atoms. The number of phenolic OH excluding ortho intramolecular Hbond substituents is 1. The van der Waals surface area contributed by atoms with Gasteiger partial charge in [-0.3, -0.25) is 4.79 Å². The van der Waals surface area contributed by atoms with Gasteiger partial charge < -0.3 is 14.6 Å². The number of rotatable bonds is 3. The number of fused-ring (bicyclic) bond motifs is 1. The molecule has 0 radical (unpaired) electrons. The van der Waals surface area contributed by atoms with Crippen LogP contribution in [-0.4, -0.2) is 24.0 Å². The van der Waals surface area contributed by atoms with Crippen molar-refractivity contribution in [2.24, 2.45) is 5.10 Å². The number of para-hydroxylation sites is 1. The maximum Gasteiger partial charge on any atom is 0.275 e. The molecule has 1 amide bonds. The summed E-state index contributed by atoms with van der Waals surface area (Å²) in [5, 5.41) is 13.8. The highest BCUT2D eigenvalue weighted by Gasteiger charge is 2.16. The van der Waals surface area contributed by atoms with Crippen LogP contribution in [0, 0.1) is 0 Å². The summed E-state index contributed by atoms with van der Waals surface area (Å²) in [6.07, 6.45) is 1.39. The fourth-order valence-corrected chi connectivity index (χ4v) is 2.12. The summed E-state index contributed by atoms with van der Waals surface area (Å²) in [5.74, 6) is 0.501. The van der Waals surface area contributed by atoms with Crippen molar-refractivity contribution in [3.63, 3.8) is 0 Å². The normalized spacial score (nSPS) is 12.6. The van der Waals surface area contributed by atoms with Crippen molar-refractivity contribution in [3.8, 4) is 17.2 Å². The Balaban J connectivity index is 1.73. The minimum absolute atomic E-state index is 0.115. The van der Waals surface area contributed by atoms with E-state index in [0.29, 0.717) is 22.1 Å². The zero-order valence-corrected chi connectivity index (χ0v) is 12.0. The number of benzene rings is 2. The summed E-state index contributed by atoms with van der Waals surface area (Å²) in [4.78, 5) is 11.9. The zero-order valence-electron chi connectivity index (χ0n) is 11.2. The Hall–Kier alpha value is -2.73. The lowest BCUT2D eigenvalue weighted by molar-refractivity contribution is 0.0952. The SMILES string of the molecule is O=C(NN=Cc1cc2c(cc1Cl)OCO2)c1ccccc1O. The molecule has 1 aliphatic rings. The van der Waals surface area contributed by atoms with E-state index in [1.54, 1.807) is 24.3 Å². The van der Waals surface area contributed by atoms with E-state index in [0.717, 1.165) is 0 Å². The van der Waals surface area contributed by atoms with Crippen molar-refractivity contribution in [2.75, 3.05) is 6.79 Å². The molecule has 2 N–H and O–H groups in total. The van der Waals surface area contributed by atoms with E-state index in [2.05, 4.69) is 10.5 Å². The van der Waals surface area contributed by atoms with Crippen molar-refractivity contribution in [1.82, 2.24) is 5.43 Å². The third kappa shape index (κ3) is 2.82. The van der Waals surface area contributed by atoms with Gasteiger partial charge >= 0.3 is 0 Å². The Kier molecular flexibility index (Phi) is 3.84. The van der Waals surface area contributed by atoms with Gasteiger partial charge in [0.25, 0.3) is 5.91 Å². The van der Waals surface area contributed by atoms with Crippen LogP contribution in [-0.2, 0) is 0 Å². The summed E-state index contributed by atoms with van der Waals surface area (Å²) in [6.45, 7) is 0.149. The Bertz CT molecular complexity index is 761. The largest absolute Gasteiger partial charge is 0.507 e. The average Bonchev–Trinajstić information content (AvgIpc) is 2.94. The highest BCUT2D eigenvalue weighted by atomic mass is 35.5. The van der Waals surface area contributed by atoms with Gasteiger partial charge in [-0.1, -0.05) is 23.7 Å². The molecule has 112 valence electrons. The smallest absolute Gasteiger partial charge is 0.275 e. The van der Waals surface area contributed by atoms with Crippen molar-refractivity contribution in [2.45, 2.75) is 0 Å². The second kappa shape index (κ2) is 5.95. The number of carbonyl (C=O) groups is 1. The maximum absolute atomic E-state index is 11.9. The number of amides is 1. The van der Waals surface area contributed by atoms with Gasteiger partial charge in [0, 0.05) is 11.6 Å². The Morgan fingerprint density at radius 1 is 1.27 bits per heavy atom. The molecule has 0 aromatic heterocycles. The third-order valence-electron chi connectivity index (χ3n) is 3.01. The number of halogens is 1. The minimum atomic E-state index is -0.522. The molecule has 22 heavy (non-hydrogen) atoms. The second-order valence-electron chi connectivity index (χ2n) is 4.44. The van der Waals surface area contributed by atoms with Crippen LogP contribution >= 0.6 is 11.6 Å². The molecule has 1 heterocycles. The van der Waals surface area contributed by atoms with Crippen molar-refractivity contribution in [1.29, 1.82) is 0 Å². The van der Waals surface area contributed by atoms with Gasteiger partial charge in [-0.25, -0.2) is 5.43 Å². The maximum atomic E-state index is 11.9. The molecule has 0 fully saturated rings. The van der Waals surface area contributed by atoms with Gasteiger partial charge in [0.2, 0.25) is 6.79 Å². The van der Waals surface area contributed by atoms with Gasteiger partial charge in [-0.05, 0) is 18.2 Å². The predicted molar refractivity (Wildman–Crippen MR) is 80.7 cm³/mol. The Morgan fingerprint density at radius 3 is 2.77 bits per heavy atom. The van der Waals surface area contributed by atoms with Crippen LogP contribution in [0.2, 0.25) is 5.02 Å². The van der Waals surface area contributed by atoms with Gasteiger partial charge in [0.1, 0.15) is 5.75 Å². The van der Waals surface area contributed by atoms with Crippen molar-refractivity contribution < 1.29 is 19.4 Å². The first-order valence-corrected chi connectivity index (χ1v) is 6.73. The number of hydrazone groups is 1. The zero-order chi connectivity index (χ0) is 15.5. The summed E-state index contributed by atoms with van der Waals surface area (Å²) in [5.41, 5.74) is 3.03. The first kappa shape index (κ1) is 14.2. The monoisotopic (exact) mass is 318 g/mol. The quantitative estimate of drug-likeness (QED) is 0.673. The first-order chi connectivity index (χ1) is 10.6. The fourth-order valence-electron chi connectivity index (χ4n) is 1.92. The summed E-state index contributed by atoms with van der Waals surface area (Å²) in [6, 6.07) is 9.48. The van der Waals surface area contributed by atoms with Crippen LogP contribution < -0.4 is 14.9 Å². The van der Waals surface area contributed by atoms with Crippen LogP contribution in [0.1, 0.15) is 15.9 Å². The molecule has 3 rings (SSSR count). The first-order valence-electron chi connectivity index (χ1n) is 6.35. The molecular formula is C15H11ClN2O4. The van der Waals surface area contributed by atoms with E-state index in [1.165, 1.54) is 18.3 Å². The van der Waals surface area contributed by atoms with E-state index < -0.39 is 5.91 Å². The van der Waals surface area contributed by atoms with Crippen LogP contribution in [0.4, 0.5) is 0 Å². The lowest BCUT2D eigenvalue weighted by Crippen LogP contribution is -2.17. The lowest BCUT2D eigenvalue weighted by Gasteiger charge is -2.03. The van der Waals surface area contributed by atoms with Crippen molar-refractivity contribution in [3.05, 3.63) is 52.5 Å². The molecule has 0 saturated heterocycles. The van der Waals surface area contributed by atoms with Crippen LogP contribution in [0.15, 0.2) is 41.5 Å². The number of hydrogen-bond acceptors (Lipinski definition) is 5. The van der Waals surface area contributed by atoms with E-state index in [-0.39, 0.29) is 18.1 Å². The molecule has 0 spiro atoms. The standard InChI is InChI=1S/C15H11ClN2O4/c16-11-6-14-13(21-8-22-14)5-9(11)7-17-18-15(20)10-3-1-2-4-12(10)19/h1-7,19H,8H2,(H,18,20). The summed E-state index contributed by atoms with van der Waals surface area (Å²) < 4.78 is 10.4. The van der Waals surface area contributed by atoms with Gasteiger partial charge in [-0.2, -0.15) is 5.10 Å². The van der Waals surface area contributed by atoms with Gasteiger partial charge in [-0.15, -0.1) is 0 Å². The number of ether oxygens (including phenoxy) is 2. The molecule has 7 heteroatoms. The van der Waals surface area contributed by atoms with E-state index in [9.17, 15) is 9.90 Å². The van der Waals surface area contributed by atoms with Crippen LogP contribution in [0.5, 0.6) is 17.2 Å². The average molecular weight is 319 g/mol. The van der Waals surface area contributed by atoms with E-state index >= 15 is 0 Å². The topological polar surface area (TPSA) is 80.2 Å². The molecule has 0 saturated carbocycles. The molecule has 0 atom stereocenters. The molecular weight excluding hydrogens is 308 g/mol. The predicted octanol–water partition coefficient (Wildman–Crippen LogP) is 2.54. The third-order valence-corrected chi connectivity index (χ3v) is 3.34. The number of nitrogens with one attached hydrogen (secondary N) is 1. The van der Waals surface area contributed by atoms with E-state index in [4.69, 9.17) is 21.1 Å². The molecule has 0 aliphatic carbocycles. The van der Waals surface area contributed by atoms with Gasteiger partial charge in [0.05, 0.1) is 16.8 Å². The highest BCUT2D eigenvalue weighted by Crippen LogP contribution is 2.36. The molecule has 6 nitrogen and oxygen atoms in total. The molecule has 0 unspecified atom stereocenters. The number of aromatic hydroxyl groups is 1. The fraction of sp³-hybridized carbons (Fsp3) is 0.0667. The Labute approximate surface area is 130 Å². The van der Waals surface area contributed by atoms with Gasteiger partial charge in [0.15, 0.2) is 11.5 Å².